The summed E-state index contributed by atoms with van der Waals surface area (Å²) < 4.78 is 0.848. The quantitative estimate of drug-likeness (QED) is 0.568. The molecule has 0 spiro atoms. The highest BCUT2D eigenvalue weighted by molar-refractivity contribution is 14.1. The Morgan fingerprint density at radius 2 is 1.85 bits per heavy atom. The zero-order valence-electron chi connectivity index (χ0n) is 8.93. The van der Waals surface area contributed by atoms with Crippen molar-refractivity contribution in [3.05, 3.63) is 0 Å². The summed E-state index contributed by atoms with van der Waals surface area (Å²) in [7, 11) is 0. The minimum atomic E-state index is 0.848. The van der Waals surface area contributed by atoms with Gasteiger partial charge in [-0.2, -0.15) is 0 Å². The fraction of sp³-hybridized carbons (Fsp3) is 1.00. The van der Waals surface area contributed by atoms with E-state index in [4.69, 9.17) is 0 Å². The zero-order valence-corrected chi connectivity index (χ0v) is 11.1. The van der Waals surface area contributed by atoms with Gasteiger partial charge in [-0.1, -0.05) is 49.3 Å². The number of halogens is 1. The number of rotatable bonds is 4. The summed E-state index contributed by atoms with van der Waals surface area (Å²) in [6, 6.07) is 0. The number of hydrogen-bond acceptors (Lipinski definition) is 1. The first-order chi connectivity index (χ1) is 6.24. The lowest BCUT2D eigenvalue weighted by molar-refractivity contribution is 0.221. The Hall–Kier alpha value is 0.690. The lowest BCUT2D eigenvalue weighted by atomic mass is 10.0. The third-order valence-corrected chi connectivity index (χ3v) is 4.76. The van der Waals surface area contributed by atoms with Gasteiger partial charge in [0.15, 0.2) is 0 Å². The SMILES string of the molecule is CCC(C)C(I)CN1CCCCC1. The highest BCUT2D eigenvalue weighted by Crippen LogP contribution is 2.19. The standard InChI is InChI=1S/C11H22IN/c1-3-10(2)11(12)9-13-7-5-4-6-8-13/h10-11H,3-9H2,1-2H3. The van der Waals surface area contributed by atoms with Crippen molar-refractivity contribution in [2.24, 2.45) is 5.92 Å². The molecule has 0 bridgehead atoms. The van der Waals surface area contributed by atoms with Crippen LogP contribution in [-0.4, -0.2) is 28.5 Å². The first kappa shape index (κ1) is 11.8. The Kier molecular flexibility index (Phi) is 5.63. The maximum atomic E-state index is 2.65. The fourth-order valence-corrected chi connectivity index (χ4v) is 2.89. The Morgan fingerprint density at radius 3 is 2.38 bits per heavy atom. The number of piperidine rings is 1. The average Bonchev–Trinajstić information content (AvgIpc) is 2.18. The molecule has 1 rings (SSSR count). The van der Waals surface area contributed by atoms with Gasteiger partial charge in [0, 0.05) is 10.5 Å². The molecule has 1 nitrogen and oxygen atoms in total. The molecule has 1 saturated heterocycles. The summed E-state index contributed by atoms with van der Waals surface area (Å²) in [5, 5.41) is 0. The highest BCUT2D eigenvalue weighted by Gasteiger charge is 2.17. The molecule has 1 aliphatic heterocycles. The molecule has 78 valence electrons. The molecule has 0 aromatic heterocycles. The predicted octanol–water partition coefficient (Wildman–Crippen LogP) is 3.32. The lowest BCUT2D eigenvalue weighted by Gasteiger charge is -2.30. The summed E-state index contributed by atoms with van der Waals surface area (Å²) in [5.41, 5.74) is 0. The van der Waals surface area contributed by atoms with Gasteiger partial charge in [-0.25, -0.2) is 0 Å². The monoisotopic (exact) mass is 295 g/mol. The summed E-state index contributed by atoms with van der Waals surface area (Å²) >= 11 is 2.63. The van der Waals surface area contributed by atoms with Crippen LogP contribution >= 0.6 is 22.6 Å². The van der Waals surface area contributed by atoms with Crippen LogP contribution in [-0.2, 0) is 0 Å². The summed E-state index contributed by atoms with van der Waals surface area (Å²) in [6.45, 7) is 8.68. The largest absolute Gasteiger partial charge is 0.302 e. The van der Waals surface area contributed by atoms with E-state index in [1.807, 2.05) is 0 Å². The van der Waals surface area contributed by atoms with Crippen LogP contribution in [0.1, 0.15) is 39.5 Å². The van der Waals surface area contributed by atoms with Gasteiger partial charge in [0.25, 0.3) is 0 Å². The van der Waals surface area contributed by atoms with Crippen molar-refractivity contribution < 1.29 is 0 Å². The van der Waals surface area contributed by atoms with E-state index in [1.165, 1.54) is 45.3 Å². The van der Waals surface area contributed by atoms with E-state index in [-0.39, 0.29) is 0 Å². The van der Waals surface area contributed by atoms with E-state index >= 15 is 0 Å². The smallest absolute Gasteiger partial charge is 0.0262 e. The minimum Gasteiger partial charge on any atom is -0.302 e. The molecule has 2 heteroatoms. The molecule has 2 atom stereocenters. The molecular formula is C11H22IN. The molecule has 0 saturated carbocycles. The van der Waals surface area contributed by atoms with Crippen LogP contribution in [0.5, 0.6) is 0 Å². The van der Waals surface area contributed by atoms with Crippen molar-refractivity contribution in [3.63, 3.8) is 0 Å². The Balaban J connectivity index is 2.21. The molecule has 13 heavy (non-hydrogen) atoms. The van der Waals surface area contributed by atoms with Crippen molar-refractivity contribution in [2.75, 3.05) is 19.6 Å². The normalized spacial score (nSPS) is 24.2. The summed E-state index contributed by atoms with van der Waals surface area (Å²) in [6.07, 6.45) is 5.61. The first-order valence-electron chi connectivity index (χ1n) is 5.60. The summed E-state index contributed by atoms with van der Waals surface area (Å²) in [5.74, 6) is 0.877. The number of alkyl halides is 1. The van der Waals surface area contributed by atoms with Crippen molar-refractivity contribution in [1.29, 1.82) is 0 Å². The zero-order chi connectivity index (χ0) is 9.68. The number of nitrogens with zero attached hydrogens (tertiary/aromatic N) is 1. The van der Waals surface area contributed by atoms with Crippen molar-refractivity contribution in [2.45, 2.75) is 43.5 Å². The van der Waals surface area contributed by atoms with Crippen molar-refractivity contribution in [3.8, 4) is 0 Å². The van der Waals surface area contributed by atoms with E-state index in [0.29, 0.717) is 0 Å². The van der Waals surface area contributed by atoms with Crippen LogP contribution in [0.3, 0.4) is 0 Å². The maximum Gasteiger partial charge on any atom is 0.0262 e. The molecule has 1 heterocycles. The van der Waals surface area contributed by atoms with Gasteiger partial charge in [0.1, 0.15) is 0 Å². The van der Waals surface area contributed by atoms with Gasteiger partial charge < -0.3 is 4.90 Å². The lowest BCUT2D eigenvalue weighted by Crippen LogP contribution is -2.36. The van der Waals surface area contributed by atoms with Crippen LogP contribution < -0.4 is 0 Å². The van der Waals surface area contributed by atoms with Gasteiger partial charge in [-0.15, -0.1) is 0 Å². The van der Waals surface area contributed by atoms with Crippen molar-refractivity contribution >= 4 is 22.6 Å². The van der Waals surface area contributed by atoms with Gasteiger partial charge in [0.05, 0.1) is 0 Å². The van der Waals surface area contributed by atoms with E-state index in [9.17, 15) is 0 Å². The van der Waals surface area contributed by atoms with Gasteiger partial charge in [-0.3, -0.25) is 0 Å². The number of hydrogen-bond donors (Lipinski definition) is 0. The molecular weight excluding hydrogens is 273 g/mol. The van der Waals surface area contributed by atoms with Crippen LogP contribution in [0, 0.1) is 5.92 Å². The molecule has 2 unspecified atom stereocenters. The summed E-state index contributed by atoms with van der Waals surface area (Å²) in [4.78, 5) is 2.65. The van der Waals surface area contributed by atoms with Crippen molar-refractivity contribution in [1.82, 2.24) is 4.90 Å². The van der Waals surface area contributed by atoms with E-state index in [0.717, 1.165) is 9.84 Å². The molecule has 0 radical (unpaired) electrons. The van der Waals surface area contributed by atoms with E-state index in [1.54, 1.807) is 0 Å². The Bertz CT molecular complexity index is 132. The molecule has 0 aromatic carbocycles. The Labute approximate surface area is 96.4 Å². The topological polar surface area (TPSA) is 3.24 Å². The van der Waals surface area contributed by atoms with Gasteiger partial charge in [-0.05, 0) is 31.8 Å². The third-order valence-electron chi connectivity index (χ3n) is 3.14. The minimum absolute atomic E-state index is 0.848. The predicted molar refractivity (Wildman–Crippen MR) is 67.6 cm³/mol. The van der Waals surface area contributed by atoms with Crippen LogP contribution in [0.15, 0.2) is 0 Å². The fourth-order valence-electron chi connectivity index (χ4n) is 1.82. The average molecular weight is 295 g/mol. The number of likely N-dealkylation sites (tertiary alicyclic amines) is 1. The second-order valence-corrected chi connectivity index (χ2v) is 5.86. The molecule has 0 aromatic rings. The second-order valence-electron chi connectivity index (χ2n) is 4.26. The van der Waals surface area contributed by atoms with Crippen LogP contribution in [0.2, 0.25) is 0 Å². The van der Waals surface area contributed by atoms with Crippen LogP contribution in [0.25, 0.3) is 0 Å². The molecule has 0 aliphatic carbocycles. The van der Waals surface area contributed by atoms with E-state index < -0.39 is 0 Å². The molecule has 0 N–H and O–H groups in total. The first-order valence-corrected chi connectivity index (χ1v) is 6.85. The Morgan fingerprint density at radius 1 is 1.23 bits per heavy atom. The third kappa shape index (κ3) is 4.15. The van der Waals surface area contributed by atoms with Crippen LogP contribution in [0.4, 0.5) is 0 Å². The molecule has 0 amide bonds. The highest BCUT2D eigenvalue weighted by atomic mass is 127. The molecule has 1 fully saturated rings. The maximum absolute atomic E-state index is 2.65. The van der Waals surface area contributed by atoms with Gasteiger partial charge >= 0.3 is 0 Å². The van der Waals surface area contributed by atoms with Gasteiger partial charge in [0.2, 0.25) is 0 Å². The van der Waals surface area contributed by atoms with E-state index in [2.05, 4.69) is 41.3 Å². The second kappa shape index (κ2) is 6.23. The molecule has 1 aliphatic rings.